The highest BCUT2D eigenvalue weighted by Gasteiger charge is 2.15. The van der Waals surface area contributed by atoms with Gasteiger partial charge in [-0.3, -0.25) is 4.90 Å². The van der Waals surface area contributed by atoms with Crippen molar-refractivity contribution in [3.63, 3.8) is 0 Å². The van der Waals surface area contributed by atoms with Gasteiger partial charge < -0.3 is 10.1 Å². The lowest BCUT2D eigenvalue weighted by molar-refractivity contribution is 0.170. The summed E-state index contributed by atoms with van der Waals surface area (Å²) < 4.78 is 5.74. The molecule has 0 aromatic heterocycles. The summed E-state index contributed by atoms with van der Waals surface area (Å²) in [5, 5.41) is 3.58. The van der Waals surface area contributed by atoms with E-state index in [9.17, 15) is 0 Å². The number of benzene rings is 1. The molecule has 0 bridgehead atoms. The van der Waals surface area contributed by atoms with E-state index in [1.54, 1.807) is 0 Å². The van der Waals surface area contributed by atoms with Crippen molar-refractivity contribution in [2.24, 2.45) is 0 Å². The topological polar surface area (TPSA) is 24.5 Å². The van der Waals surface area contributed by atoms with E-state index in [1.165, 1.54) is 37.9 Å². The molecule has 1 unspecified atom stereocenters. The van der Waals surface area contributed by atoms with E-state index in [1.807, 2.05) is 6.07 Å². The van der Waals surface area contributed by atoms with Gasteiger partial charge in [-0.25, -0.2) is 0 Å². The van der Waals surface area contributed by atoms with Crippen LogP contribution >= 0.6 is 0 Å². The normalized spacial score (nSPS) is 17.9. The van der Waals surface area contributed by atoms with Crippen LogP contribution in [0.1, 0.15) is 45.6 Å². The molecule has 0 amide bonds. The molecule has 1 fully saturated rings. The summed E-state index contributed by atoms with van der Waals surface area (Å²) in [6, 6.07) is 9.02. The van der Waals surface area contributed by atoms with E-state index in [0.29, 0.717) is 6.04 Å². The molecule has 0 aliphatic carbocycles. The number of piperidine rings is 1. The number of rotatable bonds is 7. The molecule has 1 aromatic rings. The predicted octanol–water partition coefficient (Wildman–Crippen LogP) is 3.44. The summed E-state index contributed by atoms with van der Waals surface area (Å²) >= 11 is 0. The van der Waals surface area contributed by atoms with Crippen molar-refractivity contribution in [2.45, 2.75) is 58.7 Å². The first-order chi connectivity index (χ1) is 10.1. The number of ether oxygens (including phenoxy) is 1. The summed E-state index contributed by atoms with van der Waals surface area (Å²) in [6.45, 7) is 10.9. The van der Waals surface area contributed by atoms with Crippen LogP contribution < -0.4 is 10.1 Å². The first-order valence-electron chi connectivity index (χ1n) is 8.35. The number of hydrogen-bond acceptors (Lipinski definition) is 3. The van der Waals surface area contributed by atoms with E-state index >= 15 is 0 Å². The fourth-order valence-electron chi connectivity index (χ4n) is 2.91. The Kier molecular flexibility index (Phi) is 6.52. The number of likely N-dealkylation sites (tertiary alicyclic amines) is 1. The lowest BCUT2D eigenvalue weighted by Crippen LogP contribution is -2.42. The smallest absolute Gasteiger partial charge is 0.120 e. The zero-order valence-corrected chi connectivity index (χ0v) is 13.8. The lowest BCUT2D eigenvalue weighted by atomic mass is 10.1. The molecule has 1 N–H and O–H groups in total. The monoisotopic (exact) mass is 290 g/mol. The van der Waals surface area contributed by atoms with Crippen molar-refractivity contribution < 1.29 is 4.74 Å². The number of nitrogens with one attached hydrogen (secondary N) is 1. The maximum atomic E-state index is 5.74. The van der Waals surface area contributed by atoms with E-state index in [4.69, 9.17) is 4.74 Å². The Balaban J connectivity index is 1.74. The fraction of sp³-hybridized carbons (Fsp3) is 0.667. The molecule has 1 heterocycles. The summed E-state index contributed by atoms with van der Waals surface area (Å²) in [7, 11) is 0. The van der Waals surface area contributed by atoms with Crippen LogP contribution in [0.5, 0.6) is 5.75 Å². The Morgan fingerprint density at radius 2 is 1.90 bits per heavy atom. The van der Waals surface area contributed by atoms with Crippen LogP contribution in [0.3, 0.4) is 0 Å². The van der Waals surface area contributed by atoms with Crippen LogP contribution in [-0.4, -0.2) is 36.7 Å². The minimum Gasteiger partial charge on any atom is -0.491 e. The number of hydrogen-bond donors (Lipinski definition) is 1. The molecular formula is C18H30N2O. The van der Waals surface area contributed by atoms with Gasteiger partial charge in [0, 0.05) is 19.1 Å². The van der Waals surface area contributed by atoms with Crippen molar-refractivity contribution in [3.05, 3.63) is 29.8 Å². The van der Waals surface area contributed by atoms with Crippen LogP contribution in [0.4, 0.5) is 0 Å². The first-order valence-corrected chi connectivity index (χ1v) is 8.35. The van der Waals surface area contributed by atoms with Crippen molar-refractivity contribution in [2.75, 3.05) is 19.6 Å². The molecule has 3 heteroatoms. The molecule has 1 saturated heterocycles. The van der Waals surface area contributed by atoms with Gasteiger partial charge in [0.2, 0.25) is 0 Å². The maximum Gasteiger partial charge on any atom is 0.120 e. The van der Waals surface area contributed by atoms with Gasteiger partial charge in [0.1, 0.15) is 5.75 Å². The average molecular weight is 290 g/mol. The highest BCUT2D eigenvalue weighted by atomic mass is 16.5. The molecule has 1 atom stereocenters. The molecule has 3 nitrogen and oxygen atoms in total. The molecule has 1 aromatic carbocycles. The SMILES string of the molecule is CC(C)Oc1cccc(CNCC(C)N2CCCCC2)c1. The molecule has 0 spiro atoms. The molecule has 0 radical (unpaired) electrons. The van der Waals surface area contributed by atoms with Crippen LogP contribution in [0, 0.1) is 0 Å². The van der Waals surface area contributed by atoms with Crippen molar-refractivity contribution in [1.82, 2.24) is 10.2 Å². The Morgan fingerprint density at radius 1 is 1.14 bits per heavy atom. The van der Waals surface area contributed by atoms with Gasteiger partial charge in [0.15, 0.2) is 0 Å². The van der Waals surface area contributed by atoms with Crippen molar-refractivity contribution in [1.29, 1.82) is 0 Å². The molecule has 1 aliphatic heterocycles. The summed E-state index contributed by atoms with van der Waals surface area (Å²) in [5.41, 5.74) is 1.29. The quantitative estimate of drug-likeness (QED) is 0.832. The van der Waals surface area contributed by atoms with Gasteiger partial charge in [-0.15, -0.1) is 0 Å². The summed E-state index contributed by atoms with van der Waals surface area (Å²) in [6.07, 6.45) is 4.35. The molecule has 0 saturated carbocycles. The zero-order chi connectivity index (χ0) is 15.1. The van der Waals surface area contributed by atoms with E-state index < -0.39 is 0 Å². The molecule has 2 rings (SSSR count). The molecular weight excluding hydrogens is 260 g/mol. The zero-order valence-electron chi connectivity index (χ0n) is 13.8. The van der Waals surface area contributed by atoms with Gasteiger partial charge in [-0.1, -0.05) is 18.6 Å². The third-order valence-corrected chi connectivity index (χ3v) is 4.05. The van der Waals surface area contributed by atoms with Crippen LogP contribution in [0.25, 0.3) is 0 Å². The third kappa shape index (κ3) is 5.68. The summed E-state index contributed by atoms with van der Waals surface area (Å²) in [4.78, 5) is 2.61. The van der Waals surface area contributed by atoms with E-state index in [2.05, 4.69) is 49.2 Å². The second-order valence-corrected chi connectivity index (χ2v) is 6.39. The van der Waals surface area contributed by atoms with Crippen LogP contribution in [0.15, 0.2) is 24.3 Å². The highest BCUT2D eigenvalue weighted by molar-refractivity contribution is 5.28. The average Bonchev–Trinajstić information content (AvgIpc) is 2.48. The van der Waals surface area contributed by atoms with Crippen molar-refractivity contribution in [3.8, 4) is 5.75 Å². The Bertz CT molecular complexity index is 413. The van der Waals surface area contributed by atoms with Gasteiger partial charge in [0.25, 0.3) is 0 Å². The minimum absolute atomic E-state index is 0.229. The maximum absolute atomic E-state index is 5.74. The van der Waals surface area contributed by atoms with E-state index in [0.717, 1.165) is 18.8 Å². The van der Waals surface area contributed by atoms with Crippen molar-refractivity contribution >= 4 is 0 Å². The Labute approximate surface area is 129 Å². The first kappa shape index (κ1) is 16.3. The second-order valence-electron chi connectivity index (χ2n) is 6.39. The number of nitrogens with zero attached hydrogens (tertiary/aromatic N) is 1. The predicted molar refractivity (Wildman–Crippen MR) is 88.8 cm³/mol. The minimum atomic E-state index is 0.229. The van der Waals surface area contributed by atoms with E-state index in [-0.39, 0.29) is 6.10 Å². The highest BCUT2D eigenvalue weighted by Crippen LogP contribution is 2.15. The molecule has 1 aliphatic rings. The fourth-order valence-corrected chi connectivity index (χ4v) is 2.91. The van der Waals surface area contributed by atoms with Gasteiger partial charge in [-0.2, -0.15) is 0 Å². The largest absolute Gasteiger partial charge is 0.491 e. The second kappa shape index (κ2) is 8.40. The Morgan fingerprint density at radius 3 is 2.62 bits per heavy atom. The van der Waals surface area contributed by atoms with Gasteiger partial charge in [0.05, 0.1) is 6.10 Å². The molecule has 21 heavy (non-hydrogen) atoms. The van der Waals surface area contributed by atoms with Crippen LogP contribution in [0.2, 0.25) is 0 Å². The summed E-state index contributed by atoms with van der Waals surface area (Å²) in [5.74, 6) is 0.966. The van der Waals surface area contributed by atoms with Gasteiger partial charge in [-0.05, 0) is 64.4 Å². The lowest BCUT2D eigenvalue weighted by Gasteiger charge is -2.32. The standard InChI is InChI=1S/C18H30N2O/c1-15(2)21-18-9-7-8-17(12-18)14-19-13-16(3)20-10-5-4-6-11-20/h7-9,12,15-16,19H,4-6,10-11,13-14H2,1-3H3. The molecule has 118 valence electrons. The Hall–Kier alpha value is -1.06. The third-order valence-electron chi connectivity index (χ3n) is 4.05. The van der Waals surface area contributed by atoms with Gasteiger partial charge >= 0.3 is 0 Å². The van der Waals surface area contributed by atoms with Crippen LogP contribution in [-0.2, 0) is 6.54 Å².